The van der Waals surface area contributed by atoms with Crippen molar-refractivity contribution >= 4 is 0 Å². The van der Waals surface area contributed by atoms with Crippen molar-refractivity contribution in [3.63, 3.8) is 0 Å². The lowest BCUT2D eigenvalue weighted by Gasteiger charge is -2.37. The number of ether oxygens (including phenoxy) is 1. The molecule has 0 aromatic heterocycles. The van der Waals surface area contributed by atoms with E-state index in [9.17, 15) is 0 Å². The number of rotatable bonds is 5. The first kappa shape index (κ1) is 14.5. The van der Waals surface area contributed by atoms with Gasteiger partial charge in [0.05, 0.1) is 12.7 Å². The molecule has 2 atom stereocenters. The Morgan fingerprint density at radius 2 is 2.16 bits per heavy atom. The predicted molar refractivity (Wildman–Crippen MR) is 78.6 cm³/mol. The largest absolute Gasteiger partial charge is 0.373 e. The minimum atomic E-state index is 0.164. The van der Waals surface area contributed by atoms with Crippen LogP contribution in [0.25, 0.3) is 0 Å². The number of hydrogen-bond donors (Lipinski definition) is 2. The fourth-order valence-electron chi connectivity index (χ4n) is 2.75. The van der Waals surface area contributed by atoms with Gasteiger partial charge in [-0.3, -0.25) is 11.3 Å². The molecule has 1 aromatic rings. The van der Waals surface area contributed by atoms with Crippen LogP contribution in [0.5, 0.6) is 0 Å². The summed E-state index contributed by atoms with van der Waals surface area (Å²) >= 11 is 0. The Kier molecular flexibility index (Phi) is 4.61. The fourth-order valence-corrected chi connectivity index (χ4v) is 2.75. The Bertz CT molecular complexity index is 417. The molecule has 1 heterocycles. The average molecular weight is 262 g/mol. The van der Waals surface area contributed by atoms with E-state index in [0.717, 1.165) is 25.9 Å². The standard InChI is InChI=1S/C16H26N2O/c1-4-16(2,3)15(18-17)11-14-13-8-6-5-7-12(13)9-10-19-14/h5-8,14-15,18H,4,9-11,17H2,1-3H3. The quantitative estimate of drug-likeness (QED) is 0.633. The Labute approximate surface area is 116 Å². The Morgan fingerprint density at radius 3 is 2.84 bits per heavy atom. The van der Waals surface area contributed by atoms with Gasteiger partial charge in [-0.2, -0.15) is 0 Å². The van der Waals surface area contributed by atoms with Crippen LogP contribution >= 0.6 is 0 Å². The Balaban J connectivity index is 2.15. The van der Waals surface area contributed by atoms with Gasteiger partial charge in [0.25, 0.3) is 0 Å². The summed E-state index contributed by atoms with van der Waals surface area (Å²) in [5.41, 5.74) is 5.92. The molecule has 3 nitrogen and oxygen atoms in total. The summed E-state index contributed by atoms with van der Waals surface area (Å²) in [6, 6.07) is 8.85. The van der Waals surface area contributed by atoms with Crippen molar-refractivity contribution in [3.8, 4) is 0 Å². The lowest BCUT2D eigenvalue weighted by Crippen LogP contribution is -2.46. The maximum absolute atomic E-state index is 5.98. The molecule has 2 rings (SSSR count). The van der Waals surface area contributed by atoms with Crippen LogP contribution in [0.3, 0.4) is 0 Å². The Hall–Kier alpha value is -0.900. The lowest BCUT2D eigenvalue weighted by molar-refractivity contribution is 0.0169. The third-order valence-electron chi connectivity index (χ3n) is 4.60. The van der Waals surface area contributed by atoms with E-state index in [1.54, 1.807) is 0 Å². The van der Waals surface area contributed by atoms with E-state index in [1.807, 2.05) is 0 Å². The summed E-state index contributed by atoms with van der Waals surface area (Å²) in [5, 5.41) is 0. The second kappa shape index (κ2) is 6.04. The van der Waals surface area contributed by atoms with Gasteiger partial charge in [-0.15, -0.1) is 0 Å². The molecule has 0 spiro atoms. The highest BCUT2D eigenvalue weighted by atomic mass is 16.5. The smallest absolute Gasteiger partial charge is 0.0843 e. The van der Waals surface area contributed by atoms with Crippen molar-refractivity contribution in [2.75, 3.05) is 6.61 Å². The summed E-state index contributed by atoms with van der Waals surface area (Å²) in [5.74, 6) is 5.77. The van der Waals surface area contributed by atoms with E-state index >= 15 is 0 Å². The van der Waals surface area contributed by atoms with Gasteiger partial charge in [0.15, 0.2) is 0 Å². The van der Waals surface area contributed by atoms with E-state index in [4.69, 9.17) is 10.6 Å². The Morgan fingerprint density at radius 1 is 1.42 bits per heavy atom. The van der Waals surface area contributed by atoms with Crippen molar-refractivity contribution in [1.29, 1.82) is 0 Å². The molecule has 3 N–H and O–H groups in total. The number of nitrogens with two attached hydrogens (primary N) is 1. The van der Waals surface area contributed by atoms with Gasteiger partial charge in [0.1, 0.15) is 0 Å². The van der Waals surface area contributed by atoms with Crippen molar-refractivity contribution in [2.24, 2.45) is 11.3 Å². The van der Waals surface area contributed by atoms with E-state index in [1.165, 1.54) is 11.1 Å². The predicted octanol–water partition coefficient (Wildman–Crippen LogP) is 2.96. The summed E-state index contributed by atoms with van der Waals surface area (Å²) in [4.78, 5) is 0. The molecule has 0 radical (unpaired) electrons. The molecular weight excluding hydrogens is 236 g/mol. The van der Waals surface area contributed by atoms with Gasteiger partial charge < -0.3 is 4.74 Å². The van der Waals surface area contributed by atoms with E-state index in [2.05, 4.69) is 50.5 Å². The van der Waals surface area contributed by atoms with E-state index in [-0.39, 0.29) is 17.6 Å². The normalized spacial score (nSPS) is 20.9. The molecular formula is C16H26N2O. The van der Waals surface area contributed by atoms with Crippen molar-refractivity contribution in [1.82, 2.24) is 5.43 Å². The molecule has 2 unspecified atom stereocenters. The minimum absolute atomic E-state index is 0.164. The molecule has 1 aromatic carbocycles. The third-order valence-corrected chi connectivity index (χ3v) is 4.60. The van der Waals surface area contributed by atoms with Crippen LogP contribution in [0.1, 0.15) is 50.8 Å². The first-order chi connectivity index (χ1) is 9.08. The van der Waals surface area contributed by atoms with Crippen molar-refractivity contribution < 1.29 is 4.74 Å². The van der Waals surface area contributed by atoms with Gasteiger partial charge in [0, 0.05) is 6.04 Å². The van der Waals surface area contributed by atoms with Gasteiger partial charge in [-0.25, -0.2) is 0 Å². The van der Waals surface area contributed by atoms with Crippen molar-refractivity contribution in [2.45, 2.75) is 52.2 Å². The van der Waals surface area contributed by atoms with Crippen LogP contribution in [-0.2, 0) is 11.2 Å². The molecule has 3 heteroatoms. The molecule has 0 saturated carbocycles. The third kappa shape index (κ3) is 3.16. The molecule has 106 valence electrons. The van der Waals surface area contributed by atoms with Crippen LogP contribution in [0, 0.1) is 5.41 Å². The first-order valence-corrected chi connectivity index (χ1v) is 7.24. The first-order valence-electron chi connectivity index (χ1n) is 7.24. The molecule has 0 amide bonds. The number of benzene rings is 1. The van der Waals surface area contributed by atoms with Crippen molar-refractivity contribution in [3.05, 3.63) is 35.4 Å². The zero-order valence-electron chi connectivity index (χ0n) is 12.3. The lowest BCUT2D eigenvalue weighted by atomic mass is 9.78. The summed E-state index contributed by atoms with van der Waals surface area (Å²) in [6.45, 7) is 7.53. The summed E-state index contributed by atoms with van der Waals surface area (Å²) in [6.07, 6.45) is 3.20. The van der Waals surface area contributed by atoms with Crippen LogP contribution in [0.15, 0.2) is 24.3 Å². The topological polar surface area (TPSA) is 47.3 Å². The summed E-state index contributed by atoms with van der Waals surface area (Å²) in [7, 11) is 0. The molecule has 0 fully saturated rings. The fraction of sp³-hybridized carbons (Fsp3) is 0.625. The zero-order chi connectivity index (χ0) is 13.9. The molecule has 1 aliphatic heterocycles. The molecule has 0 aliphatic carbocycles. The van der Waals surface area contributed by atoms with Gasteiger partial charge >= 0.3 is 0 Å². The highest BCUT2D eigenvalue weighted by Gasteiger charge is 2.31. The zero-order valence-corrected chi connectivity index (χ0v) is 12.3. The highest BCUT2D eigenvalue weighted by Crippen LogP contribution is 2.35. The summed E-state index contributed by atoms with van der Waals surface area (Å²) < 4.78 is 5.98. The van der Waals surface area contributed by atoms with Gasteiger partial charge in [0.2, 0.25) is 0 Å². The number of hydrogen-bond acceptors (Lipinski definition) is 3. The van der Waals surface area contributed by atoms with Crippen LogP contribution in [-0.4, -0.2) is 12.6 Å². The number of fused-ring (bicyclic) bond motifs is 1. The van der Waals surface area contributed by atoms with Crippen LogP contribution in [0.2, 0.25) is 0 Å². The van der Waals surface area contributed by atoms with Gasteiger partial charge in [-0.1, -0.05) is 45.0 Å². The second-order valence-corrected chi connectivity index (χ2v) is 6.11. The van der Waals surface area contributed by atoms with Crippen LogP contribution < -0.4 is 11.3 Å². The van der Waals surface area contributed by atoms with E-state index < -0.39 is 0 Å². The molecule has 19 heavy (non-hydrogen) atoms. The molecule has 0 saturated heterocycles. The van der Waals surface area contributed by atoms with E-state index in [0.29, 0.717) is 0 Å². The van der Waals surface area contributed by atoms with Gasteiger partial charge in [-0.05, 0) is 35.8 Å². The monoisotopic (exact) mass is 262 g/mol. The maximum Gasteiger partial charge on any atom is 0.0843 e. The minimum Gasteiger partial charge on any atom is -0.373 e. The molecule has 1 aliphatic rings. The SMILES string of the molecule is CCC(C)(C)C(CC1OCCc2ccccc21)NN. The number of hydrazine groups is 1. The second-order valence-electron chi connectivity index (χ2n) is 6.11. The number of nitrogens with one attached hydrogen (secondary N) is 1. The maximum atomic E-state index is 5.98. The highest BCUT2D eigenvalue weighted by molar-refractivity contribution is 5.31. The average Bonchev–Trinajstić information content (AvgIpc) is 2.44. The van der Waals surface area contributed by atoms with Crippen LogP contribution in [0.4, 0.5) is 0 Å². The molecule has 0 bridgehead atoms.